The lowest BCUT2D eigenvalue weighted by atomic mass is 9.97. The third-order valence-corrected chi connectivity index (χ3v) is 3.66. The summed E-state index contributed by atoms with van der Waals surface area (Å²) in [5, 5.41) is 0. The molecule has 0 bridgehead atoms. The molecule has 0 spiro atoms. The van der Waals surface area contributed by atoms with Gasteiger partial charge in [0.2, 0.25) is 5.82 Å². The average Bonchev–Trinajstić information content (AvgIpc) is 2.59. The highest BCUT2D eigenvalue weighted by Crippen LogP contribution is 2.32. The Morgan fingerprint density at radius 3 is 2.07 bits per heavy atom. The Balaban J connectivity index is 2.34. The summed E-state index contributed by atoms with van der Waals surface area (Å²) in [7, 11) is 0. The van der Waals surface area contributed by atoms with E-state index in [9.17, 15) is 22.8 Å². The van der Waals surface area contributed by atoms with E-state index in [0.29, 0.717) is 0 Å². The Labute approximate surface area is 160 Å². The molecule has 0 aliphatic rings. The van der Waals surface area contributed by atoms with E-state index < -0.39 is 40.6 Å². The van der Waals surface area contributed by atoms with Crippen molar-refractivity contribution in [3.8, 4) is 22.6 Å². The fourth-order valence-corrected chi connectivity index (χ4v) is 2.02. The maximum Gasteiger partial charge on any atom is 0.338 e. The highest BCUT2D eigenvalue weighted by Gasteiger charge is 2.25. The molecule has 0 saturated heterocycles. The Hall–Kier alpha value is -3.09. The van der Waals surface area contributed by atoms with Crippen LogP contribution in [0.3, 0.4) is 0 Å². The normalized spacial score (nSPS) is 11.1. The van der Waals surface area contributed by atoms with Crippen molar-refractivity contribution in [3.63, 3.8) is 0 Å². The van der Waals surface area contributed by atoms with Crippen LogP contribution in [0.25, 0.3) is 11.1 Å². The Morgan fingerprint density at radius 1 is 0.929 bits per heavy atom. The molecule has 0 radical (unpaired) electrons. The van der Waals surface area contributed by atoms with Gasteiger partial charge in [-0.1, -0.05) is 12.6 Å². The number of benzene rings is 2. The van der Waals surface area contributed by atoms with Crippen LogP contribution >= 0.6 is 0 Å². The first-order chi connectivity index (χ1) is 12.9. The Morgan fingerprint density at radius 2 is 1.54 bits per heavy atom. The van der Waals surface area contributed by atoms with E-state index in [2.05, 4.69) is 6.58 Å². The molecule has 148 valence electrons. The predicted molar refractivity (Wildman–Crippen MR) is 97.3 cm³/mol. The molecule has 0 aliphatic heterocycles. The number of rotatable bonds is 4. The second-order valence-corrected chi connectivity index (χ2v) is 7.19. The number of hydrogen-bond donors (Lipinski definition) is 0. The molecular weight excluding hydrogens is 373 g/mol. The van der Waals surface area contributed by atoms with E-state index in [1.54, 1.807) is 20.8 Å². The van der Waals surface area contributed by atoms with Crippen LogP contribution in [-0.2, 0) is 9.59 Å². The number of hydrogen-bond acceptors (Lipinski definition) is 4. The molecule has 2 rings (SSSR count). The summed E-state index contributed by atoms with van der Waals surface area (Å²) in [4.78, 5) is 23.3. The molecule has 0 fully saturated rings. The van der Waals surface area contributed by atoms with E-state index >= 15 is 0 Å². The van der Waals surface area contributed by atoms with Gasteiger partial charge < -0.3 is 9.47 Å². The minimum absolute atomic E-state index is 0.0160. The third kappa shape index (κ3) is 4.60. The lowest BCUT2D eigenvalue weighted by molar-refractivity contribution is -0.143. The first-order valence-electron chi connectivity index (χ1n) is 8.29. The zero-order valence-corrected chi connectivity index (χ0v) is 15.9. The first kappa shape index (κ1) is 21.2. The summed E-state index contributed by atoms with van der Waals surface area (Å²) in [5.74, 6) is -6.08. The smallest absolute Gasteiger partial charge is 0.338 e. The standard InChI is InChI=1S/C21H19F3O4/c1-11(2)19(25)27-16-9-7-13(17(23)18(16)24)12-6-8-15(14(22)10-12)28-20(26)21(3,4)5/h6-10H,1H2,2-5H3. The van der Waals surface area contributed by atoms with Crippen LogP contribution in [0.2, 0.25) is 0 Å². The minimum Gasteiger partial charge on any atom is -0.423 e. The molecule has 0 N–H and O–H groups in total. The van der Waals surface area contributed by atoms with Crippen molar-refractivity contribution in [2.24, 2.45) is 5.41 Å². The van der Waals surface area contributed by atoms with E-state index in [0.717, 1.165) is 24.3 Å². The van der Waals surface area contributed by atoms with Crippen molar-refractivity contribution in [2.45, 2.75) is 27.7 Å². The maximum atomic E-state index is 14.4. The van der Waals surface area contributed by atoms with Crippen molar-refractivity contribution < 1.29 is 32.2 Å². The summed E-state index contributed by atoms with van der Waals surface area (Å²) in [6.07, 6.45) is 0. The van der Waals surface area contributed by atoms with Gasteiger partial charge in [0.15, 0.2) is 23.1 Å². The average molecular weight is 392 g/mol. The van der Waals surface area contributed by atoms with Gasteiger partial charge in [0.05, 0.1) is 5.41 Å². The van der Waals surface area contributed by atoms with E-state index in [1.165, 1.54) is 13.0 Å². The molecule has 2 aromatic rings. The minimum atomic E-state index is -1.39. The monoisotopic (exact) mass is 392 g/mol. The molecule has 0 atom stereocenters. The van der Waals surface area contributed by atoms with Crippen LogP contribution in [0, 0.1) is 22.9 Å². The van der Waals surface area contributed by atoms with E-state index in [4.69, 9.17) is 9.47 Å². The quantitative estimate of drug-likeness (QED) is 0.408. The number of carbonyl (C=O) groups excluding carboxylic acids is 2. The molecule has 0 heterocycles. The third-order valence-electron chi connectivity index (χ3n) is 3.66. The topological polar surface area (TPSA) is 52.6 Å². The van der Waals surface area contributed by atoms with Crippen LogP contribution in [0.15, 0.2) is 42.5 Å². The molecule has 7 heteroatoms. The van der Waals surface area contributed by atoms with Crippen molar-refractivity contribution >= 4 is 11.9 Å². The molecule has 4 nitrogen and oxygen atoms in total. The fourth-order valence-electron chi connectivity index (χ4n) is 2.02. The molecule has 28 heavy (non-hydrogen) atoms. The van der Waals surface area contributed by atoms with Gasteiger partial charge in [0.1, 0.15) is 0 Å². The molecular formula is C21H19F3O4. The largest absolute Gasteiger partial charge is 0.423 e. The van der Waals surface area contributed by atoms with Crippen molar-refractivity contribution in [1.82, 2.24) is 0 Å². The molecule has 0 amide bonds. The van der Waals surface area contributed by atoms with Gasteiger partial charge in [-0.05, 0) is 57.5 Å². The maximum absolute atomic E-state index is 14.4. The zero-order valence-electron chi connectivity index (χ0n) is 15.9. The number of halogens is 3. The lowest BCUT2D eigenvalue weighted by Crippen LogP contribution is -2.25. The predicted octanol–water partition coefficient (Wildman–Crippen LogP) is 5.20. The van der Waals surface area contributed by atoms with Gasteiger partial charge in [0.25, 0.3) is 0 Å². The summed E-state index contributed by atoms with van der Waals surface area (Å²) < 4.78 is 52.6. The fraction of sp³-hybridized carbons (Fsp3) is 0.238. The van der Waals surface area contributed by atoms with Crippen molar-refractivity contribution in [2.75, 3.05) is 0 Å². The Bertz CT molecular complexity index is 959. The van der Waals surface area contributed by atoms with Crippen molar-refractivity contribution in [1.29, 1.82) is 0 Å². The summed E-state index contributed by atoms with van der Waals surface area (Å²) in [5.41, 5.74) is -1.05. The number of esters is 2. The van der Waals surface area contributed by atoms with Gasteiger partial charge in [-0.3, -0.25) is 4.79 Å². The molecule has 2 aromatic carbocycles. The molecule has 0 aliphatic carbocycles. The molecule has 0 saturated carbocycles. The summed E-state index contributed by atoms with van der Waals surface area (Å²) in [6, 6.07) is 5.56. The molecule has 0 aromatic heterocycles. The first-order valence-corrected chi connectivity index (χ1v) is 8.29. The van der Waals surface area contributed by atoms with Gasteiger partial charge in [0, 0.05) is 11.1 Å². The SMILES string of the molecule is C=C(C)C(=O)Oc1ccc(-c2ccc(OC(=O)C(C)(C)C)c(F)c2)c(F)c1F. The van der Waals surface area contributed by atoms with Crippen LogP contribution < -0.4 is 9.47 Å². The molecule has 0 unspecified atom stereocenters. The second kappa shape index (κ2) is 7.88. The zero-order chi connectivity index (χ0) is 21.2. The van der Waals surface area contributed by atoms with Crippen molar-refractivity contribution in [3.05, 3.63) is 59.9 Å². The lowest BCUT2D eigenvalue weighted by Gasteiger charge is -2.17. The van der Waals surface area contributed by atoms with E-state index in [1.807, 2.05) is 0 Å². The van der Waals surface area contributed by atoms with E-state index in [-0.39, 0.29) is 22.4 Å². The second-order valence-electron chi connectivity index (χ2n) is 7.19. The van der Waals surface area contributed by atoms with Gasteiger partial charge in [-0.25, -0.2) is 13.6 Å². The summed E-state index contributed by atoms with van der Waals surface area (Å²) in [6.45, 7) is 9.56. The Kier molecular flexibility index (Phi) is 5.97. The van der Waals surface area contributed by atoms with Crippen LogP contribution in [0.4, 0.5) is 13.2 Å². The van der Waals surface area contributed by atoms with Crippen LogP contribution in [-0.4, -0.2) is 11.9 Å². The van der Waals surface area contributed by atoms with Crippen LogP contribution in [0.5, 0.6) is 11.5 Å². The van der Waals surface area contributed by atoms with Gasteiger partial charge in [-0.2, -0.15) is 4.39 Å². The highest BCUT2D eigenvalue weighted by molar-refractivity contribution is 5.89. The highest BCUT2D eigenvalue weighted by atomic mass is 19.2. The summed E-state index contributed by atoms with van der Waals surface area (Å²) >= 11 is 0. The number of carbonyl (C=O) groups is 2. The van der Waals surface area contributed by atoms with Gasteiger partial charge in [-0.15, -0.1) is 0 Å². The number of ether oxygens (including phenoxy) is 2. The van der Waals surface area contributed by atoms with Gasteiger partial charge >= 0.3 is 11.9 Å². The van der Waals surface area contributed by atoms with Crippen LogP contribution in [0.1, 0.15) is 27.7 Å².